The molecule has 0 atom stereocenters. The van der Waals surface area contributed by atoms with Gasteiger partial charge >= 0.3 is 0 Å². The van der Waals surface area contributed by atoms with Crippen molar-refractivity contribution in [1.29, 1.82) is 0 Å². The van der Waals surface area contributed by atoms with Gasteiger partial charge in [-0.05, 0) is 24.6 Å². The number of carbonyl (C=O) groups excluding carboxylic acids is 1. The molecule has 0 spiro atoms. The third-order valence-corrected chi connectivity index (χ3v) is 3.90. The van der Waals surface area contributed by atoms with Crippen molar-refractivity contribution < 1.29 is 4.79 Å². The molecule has 0 saturated carbocycles. The lowest BCUT2D eigenvalue weighted by molar-refractivity contribution is 0.0954. The molecule has 1 amide bonds. The molecule has 5 nitrogen and oxygen atoms in total. The largest absolute Gasteiger partial charge is 0.352 e. The average molecular weight is 320 g/mol. The lowest BCUT2D eigenvalue weighted by atomic mass is 10.2. The van der Waals surface area contributed by atoms with E-state index in [-0.39, 0.29) is 5.91 Å². The van der Waals surface area contributed by atoms with Crippen molar-refractivity contribution in [2.45, 2.75) is 19.9 Å². The number of imidazole rings is 1. The molecule has 1 aromatic carbocycles. The highest BCUT2D eigenvalue weighted by molar-refractivity contribution is 5.93. The predicted molar refractivity (Wildman–Crippen MR) is 92.8 cm³/mol. The van der Waals surface area contributed by atoms with Crippen LogP contribution in [0, 0.1) is 6.92 Å². The van der Waals surface area contributed by atoms with Crippen LogP contribution in [0.5, 0.6) is 0 Å². The number of hydrogen-bond acceptors (Lipinski definition) is 3. The van der Waals surface area contributed by atoms with Crippen LogP contribution in [0.3, 0.4) is 0 Å². The summed E-state index contributed by atoms with van der Waals surface area (Å²) >= 11 is 0. The zero-order chi connectivity index (χ0) is 16.8. The molecule has 0 aliphatic heterocycles. The van der Waals surface area contributed by atoms with Gasteiger partial charge in [0.15, 0.2) is 0 Å². The van der Waals surface area contributed by atoms with Gasteiger partial charge in [-0.1, -0.05) is 30.3 Å². The maximum atomic E-state index is 12.0. The van der Waals surface area contributed by atoms with Gasteiger partial charge in [-0.2, -0.15) is 0 Å². The molecular weight excluding hydrogens is 300 g/mol. The minimum absolute atomic E-state index is 0.0877. The van der Waals surface area contributed by atoms with E-state index in [1.54, 1.807) is 24.5 Å². The maximum absolute atomic E-state index is 12.0. The van der Waals surface area contributed by atoms with Gasteiger partial charge in [0.05, 0.1) is 0 Å². The third-order valence-electron chi connectivity index (χ3n) is 3.90. The molecule has 0 aliphatic rings. The number of carbonyl (C=O) groups is 1. The fourth-order valence-electron chi connectivity index (χ4n) is 2.59. The number of aryl methyl sites for hydroxylation is 1. The Labute approximate surface area is 141 Å². The number of amides is 1. The molecule has 3 rings (SSSR count). The van der Waals surface area contributed by atoms with Gasteiger partial charge in [0, 0.05) is 49.4 Å². The maximum Gasteiger partial charge on any atom is 0.251 e. The molecule has 0 bridgehead atoms. The first-order chi connectivity index (χ1) is 11.7. The summed E-state index contributed by atoms with van der Waals surface area (Å²) in [4.78, 5) is 20.4. The predicted octanol–water partition coefficient (Wildman–Crippen LogP) is 2.61. The van der Waals surface area contributed by atoms with E-state index in [1.165, 1.54) is 5.56 Å². The molecule has 0 aliphatic carbocycles. The Morgan fingerprint density at radius 2 is 1.88 bits per heavy atom. The van der Waals surface area contributed by atoms with Crippen molar-refractivity contribution in [2.75, 3.05) is 6.54 Å². The van der Waals surface area contributed by atoms with Crippen LogP contribution in [0.4, 0.5) is 0 Å². The number of hydrogen-bond donors (Lipinski definition) is 1. The van der Waals surface area contributed by atoms with E-state index in [2.05, 4.69) is 38.9 Å². The van der Waals surface area contributed by atoms with E-state index < -0.39 is 0 Å². The minimum atomic E-state index is -0.0877. The molecule has 2 heterocycles. The summed E-state index contributed by atoms with van der Waals surface area (Å²) < 4.78 is 2.19. The number of benzene rings is 1. The minimum Gasteiger partial charge on any atom is -0.352 e. The molecule has 122 valence electrons. The van der Waals surface area contributed by atoms with Gasteiger partial charge in [-0.25, -0.2) is 4.98 Å². The Balaban J connectivity index is 1.61. The third kappa shape index (κ3) is 3.87. The van der Waals surface area contributed by atoms with E-state index in [0.29, 0.717) is 18.5 Å². The van der Waals surface area contributed by atoms with E-state index in [4.69, 9.17) is 0 Å². The van der Waals surface area contributed by atoms with Gasteiger partial charge in [0.2, 0.25) is 0 Å². The van der Waals surface area contributed by atoms with Crippen LogP contribution in [-0.4, -0.2) is 27.0 Å². The van der Waals surface area contributed by atoms with Crippen LogP contribution in [-0.2, 0) is 13.0 Å². The Bertz CT molecular complexity index is 797. The van der Waals surface area contributed by atoms with Crippen molar-refractivity contribution in [3.8, 4) is 0 Å². The Kier molecular flexibility index (Phi) is 5.01. The van der Waals surface area contributed by atoms with Gasteiger partial charge in [0.1, 0.15) is 5.82 Å². The monoisotopic (exact) mass is 320 g/mol. The van der Waals surface area contributed by atoms with Crippen molar-refractivity contribution in [3.05, 3.63) is 83.7 Å². The number of nitrogens with one attached hydrogen (secondary N) is 1. The second-order valence-corrected chi connectivity index (χ2v) is 5.63. The van der Waals surface area contributed by atoms with Gasteiger partial charge < -0.3 is 9.88 Å². The number of nitrogens with zero attached hydrogens (tertiary/aromatic N) is 3. The van der Waals surface area contributed by atoms with Crippen LogP contribution in [0.2, 0.25) is 0 Å². The summed E-state index contributed by atoms with van der Waals surface area (Å²) in [6.45, 7) is 3.39. The first-order valence-corrected chi connectivity index (χ1v) is 7.97. The number of rotatable bonds is 6. The van der Waals surface area contributed by atoms with Crippen LogP contribution >= 0.6 is 0 Å². The van der Waals surface area contributed by atoms with Gasteiger partial charge in [-0.3, -0.25) is 9.78 Å². The zero-order valence-electron chi connectivity index (χ0n) is 13.6. The van der Waals surface area contributed by atoms with Crippen molar-refractivity contribution >= 4 is 5.91 Å². The Morgan fingerprint density at radius 1 is 1.12 bits per heavy atom. The normalized spacial score (nSPS) is 10.5. The first-order valence-electron chi connectivity index (χ1n) is 7.97. The second kappa shape index (κ2) is 7.55. The van der Waals surface area contributed by atoms with E-state index in [9.17, 15) is 4.79 Å². The lowest BCUT2D eigenvalue weighted by Crippen LogP contribution is -2.26. The molecule has 1 N–H and O–H groups in total. The lowest BCUT2D eigenvalue weighted by Gasteiger charge is -2.11. The summed E-state index contributed by atoms with van der Waals surface area (Å²) in [5.41, 5.74) is 2.98. The molecular formula is C19H20N4O. The highest BCUT2D eigenvalue weighted by Crippen LogP contribution is 2.10. The zero-order valence-corrected chi connectivity index (χ0v) is 13.6. The van der Waals surface area contributed by atoms with Crippen LogP contribution in [0.1, 0.15) is 27.4 Å². The summed E-state index contributed by atoms with van der Waals surface area (Å²) in [6.07, 6.45) is 5.80. The second-order valence-electron chi connectivity index (χ2n) is 5.63. The first kappa shape index (κ1) is 15.9. The van der Waals surface area contributed by atoms with Crippen molar-refractivity contribution in [1.82, 2.24) is 19.9 Å². The molecule has 24 heavy (non-hydrogen) atoms. The Morgan fingerprint density at radius 3 is 2.62 bits per heavy atom. The van der Waals surface area contributed by atoms with E-state index >= 15 is 0 Å². The summed E-state index contributed by atoms with van der Waals surface area (Å²) in [5, 5.41) is 2.93. The van der Waals surface area contributed by atoms with Gasteiger partial charge in [-0.15, -0.1) is 0 Å². The standard InChI is InChI=1S/C19H20N4O/c1-15-13-22-18(23(15)14-16-5-3-2-4-6-16)9-12-21-19(24)17-7-10-20-11-8-17/h2-8,10-11,13H,9,12,14H2,1H3,(H,21,24). The highest BCUT2D eigenvalue weighted by Gasteiger charge is 2.09. The smallest absolute Gasteiger partial charge is 0.251 e. The highest BCUT2D eigenvalue weighted by atomic mass is 16.1. The number of aromatic nitrogens is 3. The number of pyridine rings is 1. The average Bonchev–Trinajstić information content (AvgIpc) is 2.97. The van der Waals surface area contributed by atoms with E-state index in [0.717, 1.165) is 18.1 Å². The summed E-state index contributed by atoms with van der Waals surface area (Å²) in [7, 11) is 0. The SMILES string of the molecule is Cc1cnc(CCNC(=O)c2ccncc2)n1Cc1ccccc1. The molecule has 0 radical (unpaired) electrons. The van der Waals surface area contributed by atoms with E-state index in [1.807, 2.05) is 24.4 Å². The van der Waals surface area contributed by atoms with Crippen molar-refractivity contribution in [3.63, 3.8) is 0 Å². The molecule has 0 unspecified atom stereocenters. The fourth-order valence-corrected chi connectivity index (χ4v) is 2.59. The summed E-state index contributed by atoms with van der Waals surface area (Å²) in [6, 6.07) is 13.7. The molecule has 0 saturated heterocycles. The van der Waals surface area contributed by atoms with Crippen molar-refractivity contribution in [2.24, 2.45) is 0 Å². The van der Waals surface area contributed by atoms with Crippen LogP contribution in [0.15, 0.2) is 61.1 Å². The quantitative estimate of drug-likeness (QED) is 0.759. The topological polar surface area (TPSA) is 59.8 Å². The Hall–Kier alpha value is -2.95. The molecule has 5 heteroatoms. The molecule has 3 aromatic rings. The van der Waals surface area contributed by atoms with Crippen LogP contribution < -0.4 is 5.32 Å². The van der Waals surface area contributed by atoms with Crippen LogP contribution in [0.25, 0.3) is 0 Å². The molecule has 2 aromatic heterocycles. The molecule has 0 fully saturated rings. The summed E-state index contributed by atoms with van der Waals surface area (Å²) in [5.74, 6) is 0.890. The van der Waals surface area contributed by atoms with Gasteiger partial charge in [0.25, 0.3) is 5.91 Å². The fraction of sp³-hybridized carbons (Fsp3) is 0.211.